The van der Waals surface area contributed by atoms with E-state index in [2.05, 4.69) is 0 Å². The molecule has 2 nitrogen and oxygen atoms in total. The van der Waals surface area contributed by atoms with Crippen molar-refractivity contribution in [2.75, 3.05) is 13.8 Å². The van der Waals surface area contributed by atoms with Crippen LogP contribution in [-0.4, -0.2) is 13.8 Å². The summed E-state index contributed by atoms with van der Waals surface area (Å²) < 4.78 is 16.4. The summed E-state index contributed by atoms with van der Waals surface area (Å²) in [5.74, 6) is 0. The molecule has 3 heteroatoms. The zero-order valence-corrected chi connectivity index (χ0v) is 8.25. The van der Waals surface area contributed by atoms with E-state index >= 15 is 0 Å². The quantitative estimate of drug-likeness (QED) is 0.675. The molecule has 0 saturated heterocycles. The Hall–Kier alpha value is -0.590. The van der Waals surface area contributed by atoms with Gasteiger partial charge < -0.3 is 4.52 Å². The van der Waals surface area contributed by atoms with E-state index in [-0.39, 0.29) is 0 Å². The highest BCUT2D eigenvalue weighted by molar-refractivity contribution is 7.57. The predicted molar refractivity (Wildman–Crippen MR) is 50.7 cm³/mol. The molecule has 1 rings (SSSR count). The average molecular weight is 184 g/mol. The zero-order valence-electron chi connectivity index (χ0n) is 7.36. The van der Waals surface area contributed by atoms with Crippen molar-refractivity contribution in [3.63, 3.8) is 0 Å². The Morgan fingerprint density at radius 3 is 2.42 bits per heavy atom. The van der Waals surface area contributed by atoms with Crippen molar-refractivity contribution < 1.29 is 9.09 Å². The van der Waals surface area contributed by atoms with Crippen LogP contribution in [-0.2, 0) is 15.3 Å². The van der Waals surface area contributed by atoms with Crippen molar-refractivity contribution >= 4 is 7.37 Å². The van der Waals surface area contributed by atoms with Crippen LogP contribution in [0.5, 0.6) is 0 Å². The molecule has 0 aliphatic rings. The van der Waals surface area contributed by atoms with Crippen LogP contribution in [0.3, 0.4) is 0 Å². The molecule has 12 heavy (non-hydrogen) atoms. The maximum atomic E-state index is 11.5. The van der Waals surface area contributed by atoms with Crippen molar-refractivity contribution in [2.24, 2.45) is 0 Å². The Bertz CT molecular complexity index is 282. The maximum absolute atomic E-state index is 11.5. The van der Waals surface area contributed by atoms with Crippen LogP contribution >= 0.6 is 7.37 Å². The molecule has 0 aliphatic heterocycles. The first-order chi connectivity index (χ1) is 5.64. The molecule has 0 N–H and O–H groups in total. The van der Waals surface area contributed by atoms with Crippen LogP contribution in [0.1, 0.15) is 5.56 Å². The van der Waals surface area contributed by atoms with Crippen LogP contribution in [0, 0.1) is 0 Å². The van der Waals surface area contributed by atoms with Gasteiger partial charge in [-0.15, -0.1) is 0 Å². The van der Waals surface area contributed by atoms with Gasteiger partial charge in [-0.3, -0.25) is 4.57 Å². The molecular formula is C9H13O2P. The van der Waals surface area contributed by atoms with E-state index < -0.39 is 7.37 Å². The largest absolute Gasteiger partial charge is 0.332 e. The molecule has 1 aromatic rings. The van der Waals surface area contributed by atoms with Gasteiger partial charge in [0.2, 0.25) is 7.37 Å². The monoisotopic (exact) mass is 184 g/mol. The van der Waals surface area contributed by atoms with Gasteiger partial charge in [-0.2, -0.15) is 0 Å². The van der Waals surface area contributed by atoms with Gasteiger partial charge in [0.25, 0.3) is 0 Å². The molecule has 0 heterocycles. The normalized spacial score (nSPS) is 15.5. The standard InChI is InChI=1S/C9H13O2P/c1-11-12(2,10)8-9-6-4-3-5-7-9/h3-7H,8H2,1-2H3. The molecule has 0 spiro atoms. The van der Waals surface area contributed by atoms with Crippen LogP contribution in [0.25, 0.3) is 0 Å². The molecular weight excluding hydrogens is 171 g/mol. The van der Waals surface area contributed by atoms with Crippen molar-refractivity contribution in [1.29, 1.82) is 0 Å². The molecule has 0 saturated carbocycles. The fourth-order valence-electron chi connectivity index (χ4n) is 0.980. The van der Waals surface area contributed by atoms with Gasteiger partial charge in [0.05, 0.1) is 0 Å². The molecule has 0 fully saturated rings. The minimum Gasteiger partial charge on any atom is -0.332 e. The molecule has 1 atom stereocenters. The lowest BCUT2D eigenvalue weighted by Gasteiger charge is -2.09. The second kappa shape index (κ2) is 3.88. The lowest BCUT2D eigenvalue weighted by molar-refractivity contribution is 0.398. The van der Waals surface area contributed by atoms with Crippen LogP contribution < -0.4 is 0 Å². The summed E-state index contributed by atoms with van der Waals surface area (Å²) in [6, 6.07) is 9.72. The lowest BCUT2D eigenvalue weighted by Crippen LogP contribution is -1.88. The van der Waals surface area contributed by atoms with E-state index in [1.165, 1.54) is 7.11 Å². The Kier molecular flexibility index (Phi) is 3.07. The highest BCUT2D eigenvalue weighted by atomic mass is 31.2. The number of hydrogen-bond donors (Lipinski definition) is 0. The van der Waals surface area contributed by atoms with E-state index in [4.69, 9.17) is 4.52 Å². The predicted octanol–water partition coefficient (Wildman–Crippen LogP) is 2.74. The van der Waals surface area contributed by atoms with Crippen LogP contribution in [0.4, 0.5) is 0 Å². The third-order valence-corrected chi connectivity index (χ3v) is 3.41. The Morgan fingerprint density at radius 2 is 1.92 bits per heavy atom. The SMILES string of the molecule is COP(C)(=O)Cc1ccccc1. The summed E-state index contributed by atoms with van der Waals surface area (Å²) in [6.45, 7) is 1.65. The zero-order chi connectivity index (χ0) is 9.03. The van der Waals surface area contributed by atoms with Crippen LogP contribution in [0.15, 0.2) is 30.3 Å². The van der Waals surface area contributed by atoms with E-state index in [1.54, 1.807) is 6.66 Å². The highest BCUT2D eigenvalue weighted by Crippen LogP contribution is 2.44. The number of hydrogen-bond acceptors (Lipinski definition) is 2. The molecule has 1 aromatic carbocycles. The fraction of sp³-hybridized carbons (Fsp3) is 0.333. The van der Waals surface area contributed by atoms with E-state index in [9.17, 15) is 4.57 Å². The first kappa shape index (κ1) is 9.50. The van der Waals surface area contributed by atoms with Crippen molar-refractivity contribution in [2.45, 2.75) is 6.16 Å². The molecule has 66 valence electrons. The average Bonchev–Trinajstić information content (AvgIpc) is 2.06. The summed E-state index contributed by atoms with van der Waals surface area (Å²) in [5, 5.41) is 0. The highest BCUT2D eigenvalue weighted by Gasteiger charge is 2.13. The van der Waals surface area contributed by atoms with E-state index in [0.29, 0.717) is 6.16 Å². The minimum atomic E-state index is -2.40. The number of benzene rings is 1. The van der Waals surface area contributed by atoms with Gasteiger partial charge in [-0.25, -0.2) is 0 Å². The third kappa shape index (κ3) is 2.80. The summed E-state index contributed by atoms with van der Waals surface area (Å²) >= 11 is 0. The number of rotatable bonds is 3. The second-order valence-electron chi connectivity index (χ2n) is 2.84. The molecule has 1 unspecified atom stereocenters. The Morgan fingerprint density at radius 1 is 1.33 bits per heavy atom. The van der Waals surface area contributed by atoms with Crippen molar-refractivity contribution in [3.05, 3.63) is 35.9 Å². The smallest absolute Gasteiger partial charge is 0.204 e. The topological polar surface area (TPSA) is 26.3 Å². The third-order valence-electron chi connectivity index (χ3n) is 1.70. The van der Waals surface area contributed by atoms with Gasteiger partial charge in [0, 0.05) is 19.9 Å². The first-order valence-electron chi connectivity index (χ1n) is 3.80. The van der Waals surface area contributed by atoms with Crippen LogP contribution in [0.2, 0.25) is 0 Å². The van der Waals surface area contributed by atoms with Gasteiger partial charge in [-0.1, -0.05) is 30.3 Å². The van der Waals surface area contributed by atoms with Crippen molar-refractivity contribution in [3.8, 4) is 0 Å². The molecule has 0 radical (unpaired) electrons. The summed E-state index contributed by atoms with van der Waals surface area (Å²) in [4.78, 5) is 0. The minimum absolute atomic E-state index is 0.518. The van der Waals surface area contributed by atoms with E-state index in [1.807, 2.05) is 30.3 Å². The Labute approximate surface area is 73.0 Å². The van der Waals surface area contributed by atoms with Crippen molar-refractivity contribution in [1.82, 2.24) is 0 Å². The first-order valence-corrected chi connectivity index (χ1v) is 6.06. The summed E-state index contributed by atoms with van der Waals surface area (Å²) in [6.07, 6.45) is 0.518. The summed E-state index contributed by atoms with van der Waals surface area (Å²) in [7, 11) is -0.906. The van der Waals surface area contributed by atoms with Gasteiger partial charge in [0.1, 0.15) is 0 Å². The molecule has 0 aromatic heterocycles. The molecule has 0 aliphatic carbocycles. The van der Waals surface area contributed by atoms with E-state index in [0.717, 1.165) is 5.56 Å². The van der Waals surface area contributed by atoms with Gasteiger partial charge in [-0.05, 0) is 5.56 Å². The summed E-state index contributed by atoms with van der Waals surface area (Å²) in [5.41, 5.74) is 1.06. The van der Waals surface area contributed by atoms with Gasteiger partial charge in [0.15, 0.2) is 0 Å². The second-order valence-corrected chi connectivity index (χ2v) is 5.55. The van der Waals surface area contributed by atoms with Gasteiger partial charge >= 0.3 is 0 Å². The molecule has 0 bridgehead atoms. The lowest BCUT2D eigenvalue weighted by atomic mass is 10.2. The molecule has 0 amide bonds. The fourth-order valence-corrected chi connectivity index (χ4v) is 1.98. The maximum Gasteiger partial charge on any atom is 0.204 e. The Balaban J connectivity index is 2.71.